The molecule has 8 nitrogen and oxygen atoms in total. The van der Waals surface area contributed by atoms with Gasteiger partial charge in [0.2, 0.25) is 6.41 Å². The van der Waals surface area contributed by atoms with Gasteiger partial charge in [0.15, 0.2) is 0 Å². The minimum Gasteiger partial charge on any atom is -0.367 e. The maximum Gasteiger partial charge on any atom is 0.238 e. The number of nitrogens with zero attached hydrogens (tertiary/aromatic N) is 5. The smallest absolute Gasteiger partial charge is 0.238 e. The normalized spacial score (nSPS) is 23.2. The lowest BCUT2D eigenvalue weighted by Crippen LogP contribution is -2.43. The first-order chi connectivity index (χ1) is 12.2. The van der Waals surface area contributed by atoms with Crippen LogP contribution in [0.25, 0.3) is 0 Å². The molecular formula is C16H22ClFN6O2. The van der Waals surface area contributed by atoms with Crippen LogP contribution in [0.4, 0.5) is 15.8 Å². The van der Waals surface area contributed by atoms with Crippen molar-refractivity contribution in [2.45, 2.75) is 19.1 Å². The molecule has 0 bridgehead atoms. The van der Waals surface area contributed by atoms with Gasteiger partial charge in [-0.3, -0.25) is 0 Å². The van der Waals surface area contributed by atoms with Crippen LogP contribution in [0.15, 0.2) is 30.6 Å². The number of aliphatic hydroxyl groups excluding tert-OH is 1. The van der Waals surface area contributed by atoms with Gasteiger partial charge in [-0.15, -0.1) is 17.5 Å². The van der Waals surface area contributed by atoms with Crippen LogP contribution in [0.3, 0.4) is 0 Å². The Morgan fingerprint density at radius 1 is 1.31 bits per heavy atom. The van der Waals surface area contributed by atoms with Gasteiger partial charge in [0.1, 0.15) is 5.82 Å². The second-order valence-electron chi connectivity index (χ2n) is 6.23. The molecule has 2 N–H and O–H groups in total. The highest BCUT2D eigenvalue weighted by molar-refractivity contribution is 5.85. The Balaban J connectivity index is 0.00000196. The lowest BCUT2D eigenvalue weighted by Gasteiger charge is -2.30. The van der Waals surface area contributed by atoms with Gasteiger partial charge in [-0.25, -0.2) is 9.07 Å². The van der Waals surface area contributed by atoms with Crippen molar-refractivity contribution in [3.8, 4) is 0 Å². The molecule has 142 valence electrons. The third kappa shape index (κ3) is 3.90. The second-order valence-corrected chi connectivity index (χ2v) is 6.23. The highest BCUT2D eigenvalue weighted by Crippen LogP contribution is 2.29. The average Bonchev–Trinajstić information content (AvgIpc) is 3.25. The van der Waals surface area contributed by atoms with E-state index in [0.29, 0.717) is 24.5 Å². The predicted molar refractivity (Wildman–Crippen MR) is 97.0 cm³/mol. The molecule has 1 aromatic heterocycles. The Bertz CT molecular complexity index is 713. The molecule has 0 spiro atoms. The summed E-state index contributed by atoms with van der Waals surface area (Å²) in [6.45, 7) is 4.20. The molecule has 0 saturated carbocycles. The zero-order valence-electron chi connectivity index (χ0n) is 14.2. The van der Waals surface area contributed by atoms with E-state index in [1.807, 2.05) is 11.0 Å². The lowest BCUT2D eigenvalue weighted by molar-refractivity contribution is -0.0924. The summed E-state index contributed by atoms with van der Waals surface area (Å²) in [5, 5.41) is 21.1. The third-order valence-electron chi connectivity index (χ3n) is 4.56. The highest BCUT2D eigenvalue weighted by atomic mass is 35.5. The number of piperazine rings is 1. The molecule has 2 aliphatic heterocycles. The zero-order valence-corrected chi connectivity index (χ0v) is 15.0. The second kappa shape index (κ2) is 8.17. The molecule has 2 fully saturated rings. The number of hydrogen-bond acceptors (Lipinski definition) is 7. The zero-order chi connectivity index (χ0) is 17.2. The Morgan fingerprint density at radius 3 is 2.81 bits per heavy atom. The van der Waals surface area contributed by atoms with E-state index in [1.165, 1.54) is 6.07 Å². The van der Waals surface area contributed by atoms with Crippen molar-refractivity contribution < 1.29 is 14.2 Å². The quantitative estimate of drug-likeness (QED) is 0.791. The molecule has 1 aromatic carbocycles. The summed E-state index contributed by atoms with van der Waals surface area (Å²) >= 11 is 0. The summed E-state index contributed by atoms with van der Waals surface area (Å²) in [7, 11) is 0. The maximum absolute atomic E-state index is 14.6. The van der Waals surface area contributed by atoms with E-state index < -0.39 is 6.41 Å². The van der Waals surface area contributed by atoms with Gasteiger partial charge in [-0.05, 0) is 18.2 Å². The van der Waals surface area contributed by atoms with Crippen LogP contribution in [0.2, 0.25) is 0 Å². The molecule has 0 aliphatic carbocycles. The first-order valence-corrected chi connectivity index (χ1v) is 8.40. The summed E-state index contributed by atoms with van der Waals surface area (Å²) in [5.74, 6) is -0.286. The van der Waals surface area contributed by atoms with Gasteiger partial charge in [-0.2, -0.15) is 0 Å². The molecule has 26 heavy (non-hydrogen) atoms. The van der Waals surface area contributed by atoms with E-state index in [2.05, 4.69) is 15.6 Å². The van der Waals surface area contributed by atoms with Crippen molar-refractivity contribution in [2.75, 3.05) is 42.5 Å². The number of halogens is 2. The van der Waals surface area contributed by atoms with Crippen LogP contribution in [-0.4, -0.2) is 65.3 Å². The van der Waals surface area contributed by atoms with Crippen LogP contribution >= 0.6 is 12.4 Å². The first-order valence-electron chi connectivity index (χ1n) is 8.40. The minimum absolute atomic E-state index is 0. The molecule has 0 amide bonds. The average molecular weight is 385 g/mol. The van der Waals surface area contributed by atoms with Crippen molar-refractivity contribution in [3.63, 3.8) is 0 Å². The molecule has 2 atom stereocenters. The summed E-state index contributed by atoms with van der Waals surface area (Å²) in [5.41, 5.74) is 1.20. The van der Waals surface area contributed by atoms with E-state index in [9.17, 15) is 9.50 Å². The first kappa shape index (κ1) is 18.8. The fraction of sp³-hybridized carbons (Fsp3) is 0.500. The molecule has 2 aliphatic rings. The number of nitrogens with one attached hydrogen (secondary N) is 1. The van der Waals surface area contributed by atoms with Crippen molar-refractivity contribution in [1.82, 2.24) is 20.3 Å². The SMILES string of the molecule is Cl.OC1O[C@@H](Cn2ccnn2)CN1c1ccc(N2CCNCC2)c(F)c1. The van der Waals surface area contributed by atoms with Gasteiger partial charge in [0, 0.05) is 38.1 Å². The van der Waals surface area contributed by atoms with Crippen molar-refractivity contribution >= 4 is 23.8 Å². The number of anilines is 2. The monoisotopic (exact) mass is 384 g/mol. The fourth-order valence-corrected chi connectivity index (χ4v) is 3.31. The summed E-state index contributed by atoms with van der Waals surface area (Å²) in [6, 6.07) is 5.06. The van der Waals surface area contributed by atoms with E-state index in [1.54, 1.807) is 28.0 Å². The van der Waals surface area contributed by atoms with Crippen LogP contribution in [0.1, 0.15) is 0 Å². The van der Waals surface area contributed by atoms with Crippen molar-refractivity contribution in [2.24, 2.45) is 0 Å². The van der Waals surface area contributed by atoms with E-state index in [4.69, 9.17) is 4.74 Å². The predicted octanol–water partition coefficient (Wildman–Crippen LogP) is 0.430. The summed E-state index contributed by atoms with van der Waals surface area (Å²) in [4.78, 5) is 3.67. The van der Waals surface area contributed by atoms with Crippen LogP contribution in [0, 0.1) is 5.82 Å². The molecular weight excluding hydrogens is 363 g/mol. The molecule has 3 heterocycles. The Kier molecular flexibility index (Phi) is 5.92. The van der Waals surface area contributed by atoms with Crippen molar-refractivity contribution in [3.05, 3.63) is 36.4 Å². The third-order valence-corrected chi connectivity index (χ3v) is 4.56. The number of ether oxygens (including phenoxy) is 1. The van der Waals surface area contributed by atoms with Gasteiger partial charge < -0.3 is 25.0 Å². The van der Waals surface area contributed by atoms with Gasteiger partial charge in [0.25, 0.3) is 0 Å². The summed E-state index contributed by atoms with van der Waals surface area (Å²) < 4.78 is 21.8. The van der Waals surface area contributed by atoms with Gasteiger partial charge >= 0.3 is 0 Å². The Morgan fingerprint density at radius 2 is 2.12 bits per heavy atom. The van der Waals surface area contributed by atoms with Crippen LogP contribution in [-0.2, 0) is 11.3 Å². The number of benzene rings is 1. The maximum atomic E-state index is 14.6. The number of aliphatic hydroxyl groups is 1. The minimum atomic E-state index is -1.10. The van der Waals surface area contributed by atoms with Gasteiger partial charge in [-0.1, -0.05) is 5.21 Å². The lowest BCUT2D eigenvalue weighted by atomic mass is 10.2. The van der Waals surface area contributed by atoms with Crippen molar-refractivity contribution in [1.29, 1.82) is 0 Å². The number of rotatable bonds is 4. The Labute approximate surface area is 156 Å². The van der Waals surface area contributed by atoms with E-state index in [-0.39, 0.29) is 24.3 Å². The number of hydrogen-bond donors (Lipinski definition) is 2. The van der Waals surface area contributed by atoms with Crippen LogP contribution in [0.5, 0.6) is 0 Å². The summed E-state index contributed by atoms with van der Waals surface area (Å²) in [6.07, 6.45) is 1.99. The largest absolute Gasteiger partial charge is 0.367 e. The molecule has 2 saturated heterocycles. The molecule has 2 aromatic rings. The Hall–Kier alpha value is -1.94. The topological polar surface area (TPSA) is 78.7 Å². The molecule has 10 heteroatoms. The molecule has 4 rings (SSSR count). The molecule has 0 radical (unpaired) electrons. The fourth-order valence-electron chi connectivity index (χ4n) is 3.31. The highest BCUT2D eigenvalue weighted by Gasteiger charge is 2.32. The molecule has 1 unspecified atom stereocenters. The van der Waals surface area contributed by atoms with Crippen LogP contribution < -0.4 is 15.1 Å². The van der Waals surface area contributed by atoms with Gasteiger partial charge in [0.05, 0.1) is 31.1 Å². The van der Waals surface area contributed by atoms with E-state index >= 15 is 0 Å². The van der Waals surface area contributed by atoms with E-state index in [0.717, 1.165) is 26.2 Å². The standard InChI is InChI=1S/C16H21FN6O2.ClH/c17-14-9-12(1-2-15(14)21-6-3-18-4-7-21)23-11-13(25-16(23)24)10-22-8-5-19-20-22;/h1-2,5,8-9,13,16,18,24H,3-4,6-7,10-11H2;1H/t13-,16?;/m0./s1. The number of aromatic nitrogens is 3.